The second-order valence-electron chi connectivity index (χ2n) is 4.83. The van der Waals surface area contributed by atoms with Gasteiger partial charge in [0, 0.05) is 0 Å². The smallest absolute Gasteiger partial charge is 0.410 e. The standard InChI is InChI=1S/C10H16F3NO3/c1-10(2,3)17-9(15)14-4-6(5-14)16-8(13)7(11)12/h6-8H,4-5H2,1-3H3. The van der Waals surface area contributed by atoms with E-state index in [1.807, 2.05) is 0 Å². The number of carbonyl (C=O) groups is 1. The first kappa shape index (κ1) is 14.1. The molecule has 7 heteroatoms. The molecule has 0 bridgehead atoms. The van der Waals surface area contributed by atoms with Gasteiger partial charge in [-0.2, -0.15) is 0 Å². The maximum atomic E-state index is 12.5. The molecule has 17 heavy (non-hydrogen) atoms. The number of nitrogens with zero attached hydrogens (tertiary/aromatic N) is 1. The van der Waals surface area contributed by atoms with Gasteiger partial charge in [-0.15, -0.1) is 0 Å². The van der Waals surface area contributed by atoms with Crippen LogP contribution in [0.15, 0.2) is 0 Å². The molecule has 0 aliphatic carbocycles. The summed E-state index contributed by atoms with van der Waals surface area (Å²) in [6.07, 6.45) is -7.00. The molecule has 1 heterocycles. The second kappa shape index (κ2) is 5.12. The molecule has 1 aliphatic rings. The summed E-state index contributed by atoms with van der Waals surface area (Å²) in [5.41, 5.74) is -0.616. The van der Waals surface area contributed by atoms with E-state index in [-0.39, 0.29) is 13.1 Å². The van der Waals surface area contributed by atoms with E-state index in [0.29, 0.717) is 0 Å². The lowest BCUT2D eigenvalue weighted by molar-refractivity contribution is -0.185. The predicted molar refractivity (Wildman–Crippen MR) is 53.6 cm³/mol. The van der Waals surface area contributed by atoms with E-state index in [1.54, 1.807) is 20.8 Å². The fraction of sp³-hybridized carbons (Fsp3) is 0.900. The topological polar surface area (TPSA) is 38.8 Å². The molecular formula is C10H16F3NO3. The normalized spacial score (nSPS) is 19.1. The molecule has 0 aromatic carbocycles. The Bertz CT molecular complexity index is 274. The van der Waals surface area contributed by atoms with Crippen LogP contribution in [0.2, 0.25) is 0 Å². The highest BCUT2D eigenvalue weighted by Gasteiger charge is 2.37. The Kier molecular flexibility index (Phi) is 4.24. The molecule has 1 saturated heterocycles. The van der Waals surface area contributed by atoms with Gasteiger partial charge in [-0.05, 0) is 20.8 Å². The van der Waals surface area contributed by atoms with E-state index in [4.69, 9.17) is 4.74 Å². The Morgan fingerprint density at radius 3 is 2.24 bits per heavy atom. The maximum Gasteiger partial charge on any atom is 0.410 e. The first-order valence-electron chi connectivity index (χ1n) is 5.24. The van der Waals surface area contributed by atoms with Crippen molar-refractivity contribution in [1.29, 1.82) is 0 Å². The van der Waals surface area contributed by atoms with Gasteiger partial charge in [0.25, 0.3) is 12.8 Å². The van der Waals surface area contributed by atoms with E-state index in [1.165, 1.54) is 4.90 Å². The number of likely N-dealkylation sites (tertiary alicyclic amines) is 1. The van der Waals surface area contributed by atoms with Crippen molar-refractivity contribution in [2.24, 2.45) is 0 Å². The summed E-state index contributed by atoms with van der Waals surface area (Å²) >= 11 is 0. The van der Waals surface area contributed by atoms with Gasteiger partial charge >= 0.3 is 6.09 Å². The van der Waals surface area contributed by atoms with Crippen molar-refractivity contribution >= 4 is 6.09 Å². The van der Waals surface area contributed by atoms with Gasteiger partial charge in [0.05, 0.1) is 19.2 Å². The molecule has 1 atom stereocenters. The van der Waals surface area contributed by atoms with Gasteiger partial charge in [0.15, 0.2) is 0 Å². The third-order valence-electron chi connectivity index (χ3n) is 2.02. The first-order chi connectivity index (χ1) is 7.69. The number of amides is 1. The van der Waals surface area contributed by atoms with Crippen LogP contribution < -0.4 is 0 Å². The van der Waals surface area contributed by atoms with Crippen molar-refractivity contribution in [3.63, 3.8) is 0 Å². The molecule has 0 spiro atoms. The monoisotopic (exact) mass is 255 g/mol. The van der Waals surface area contributed by atoms with Crippen LogP contribution in [0, 0.1) is 0 Å². The minimum Gasteiger partial charge on any atom is -0.444 e. The van der Waals surface area contributed by atoms with Crippen molar-refractivity contribution < 1.29 is 27.4 Å². The summed E-state index contributed by atoms with van der Waals surface area (Å²) in [5.74, 6) is 0. The Morgan fingerprint density at radius 2 is 1.82 bits per heavy atom. The van der Waals surface area contributed by atoms with Crippen LogP contribution in [-0.4, -0.2) is 48.6 Å². The molecule has 1 fully saturated rings. The fourth-order valence-corrected chi connectivity index (χ4v) is 1.24. The van der Waals surface area contributed by atoms with Crippen LogP contribution in [-0.2, 0) is 9.47 Å². The third-order valence-corrected chi connectivity index (χ3v) is 2.02. The summed E-state index contributed by atoms with van der Waals surface area (Å²) in [6.45, 7) is 5.29. The van der Waals surface area contributed by atoms with Gasteiger partial charge in [-0.3, -0.25) is 0 Å². The predicted octanol–water partition coefficient (Wildman–Crippen LogP) is 2.18. The van der Waals surface area contributed by atoms with Crippen LogP contribution in [0.4, 0.5) is 18.0 Å². The molecule has 4 nitrogen and oxygen atoms in total. The van der Waals surface area contributed by atoms with E-state index in [2.05, 4.69) is 4.74 Å². The van der Waals surface area contributed by atoms with Crippen molar-refractivity contribution in [2.75, 3.05) is 13.1 Å². The van der Waals surface area contributed by atoms with E-state index in [9.17, 15) is 18.0 Å². The molecule has 0 aromatic rings. The molecule has 1 unspecified atom stereocenters. The molecule has 1 amide bonds. The summed E-state index contributed by atoms with van der Waals surface area (Å²) in [6, 6.07) is 0. The summed E-state index contributed by atoms with van der Waals surface area (Å²) in [7, 11) is 0. The third kappa shape index (κ3) is 4.41. The van der Waals surface area contributed by atoms with Gasteiger partial charge in [-0.25, -0.2) is 18.0 Å². The Hall–Kier alpha value is -0.980. The zero-order valence-electron chi connectivity index (χ0n) is 9.95. The highest BCUT2D eigenvalue weighted by atomic mass is 19.3. The molecule has 0 N–H and O–H groups in total. The molecule has 1 aliphatic heterocycles. The molecular weight excluding hydrogens is 239 g/mol. The highest BCUT2D eigenvalue weighted by Crippen LogP contribution is 2.20. The van der Waals surface area contributed by atoms with E-state index in [0.717, 1.165) is 0 Å². The van der Waals surface area contributed by atoms with Crippen LogP contribution in [0.3, 0.4) is 0 Å². The number of rotatable bonds is 3. The minimum absolute atomic E-state index is 0.0715. The maximum absolute atomic E-state index is 12.5. The molecule has 0 aromatic heterocycles. The van der Waals surface area contributed by atoms with Gasteiger partial charge in [-0.1, -0.05) is 0 Å². The zero-order valence-corrected chi connectivity index (χ0v) is 9.95. The molecule has 0 saturated carbocycles. The Labute approximate surface area is 97.7 Å². The lowest BCUT2D eigenvalue weighted by atomic mass is 10.2. The number of hydrogen-bond donors (Lipinski definition) is 0. The van der Waals surface area contributed by atoms with Crippen LogP contribution in [0.1, 0.15) is 20.8 Å². The SMILES string of the molecule is CC(C)(C)OC(=O)N1CC(OC(F)C(F)F)C1. The Morgan fingerprint density at radius 1 is 1.29 bits per heavy atom. The lowest BCUT2D eigenvalue weighted by Gasteiger charge is -2.39. The quantitative estimate of drug-likeness (QED) is 0.776. The fourth-order valence-electron chi connectivity index (χ4n) is 1.24. The number of hydrogen-bond acceptors (Lipinski definition) is 3. The van der Waals surface area contributed by atoms with E-state index >= 15 is 0 Å². The summed E-state index contributed by atoms with van der Waals surface area (Å²) in [5, 5.41) is 0. The highest BCUT2D eigenvalue weighted by molar-refractivity contribution is 5.69. The van der Waals surface area contributed by atoms with E-state index < -0.39 is 30.6 Å². The van der Waals surface area contributed by atoms with Crippen LogP contribution in [0.25, 0.3) is 0 Å². The summed E-state index contributed by atoms with van der Waals surface area (Å²) in [4.78, 5) is 12.7. The van der Waals surface area contributed by atoms with Crippen LogP contribution >= 0.6 is 0 Å². The average molecular weight is 255 g/mol. The molecule has 0 radical (unpaired) electrons. The number of carbonyl (C=O) groups excluding carboxylic acids is 1. The molecule has 100 valence electrons. The number of ether oxygens (including phenoxy) is 2. The van der Waals surface area contributed by atoms with Crippen molar-refractivity contribution in [1.82, 2.24) is 4.90 Å². The zero-order chi connectivity index (χ0) is 13.2. The minimum atomic E-state index is -3.16. The van der Waals surface area contributed by atoms with Gasteiger partial charge in [0.1, 0.15) is 5.60 Å². The molecule has 1 rings (SSSR count). The van der Waals surface area contributed by atoms with Crippen LogP contribution in [0.5, 0.6) is 0 Å². The number of halogens is 3. The Balaban J connectivity index is 2.25. The van der Waals surface area contributed by atoms with Gasteiger partial charge < -0.3 is 14.4 Å². The van der Waals surface area contributed by atoms with Crippen molar-refractivity contribution in [3.05, 3.63) is 0 Å². The second-order valence-corrected chi connectivity index (χ2v) is 4.83. The summed E-state index contributed by atoms with van der Waals surface area (Å²) < 4.78 is 45.6. The van der Waals surface area contributed by atoms with Gasteiger partial charge in [0.2, 0.25) is 0 Å². The number of alkyl halides is 3. The van der Waals surface area contributed by atoms with Crippen molar-refractivity contribution in [2.45, 2.75) is 45.3 Å². The largest absolute Gasteiger partial charge is 0.444 e. The lowest BCUT2D eigenvalue weighted by Crippen LogP contribution is -2.56. The first-order valence-corrected chi connectivity index (χ1v) is 5.24. The van der Waals surface area contributed by atoms with Crippen molar-refractivity contribution in [3.8, 4) is 0 Å². The average Bonchev–Trinajstić information content (AvgIpc) is 2.06.